The summed E-state index contributed by atoms with van der Waals surface area (Å²) in [4.78, 5) is 13.3. The lowest BCUT2D eigenvalue weighted by atomic mass is 9.84. The highest BCUT2D eigenvalue weighted by Gasteiger charge is 2.34. The van der Waals surface area contributed by atoms with Gasteiger partial charge in [-0.2, -0.15) is 10.5 Å². The number of thiazole rings is 1. The van der Waals surface area contributed by atoms with Crippen LogP contribution in [0.5, 0.6) is 11.5 Å². The van der Waals surface area contributed by atoms with Gasteiger partial charge in [-0.25, -0.2) is 0 Å². The first-order chi connectivity index (χ1) is 16.3. The van der Waals surface area contributed by atoms with E-state index >= 15 is 0 Å². The van der Waals surface area contributed by atoms with Gasteiger partial charge in [0.25, 0.3) is 5.56 Å². The summed E-state index contributed by atoms with van der Waals surface area (Å²) < 4.78 is 14.5. The van der Waals surface area contributed by atoms with Gasteiger partial charge in [-0.05, 0) is 30.3 Å². The number of fused-ring (bicyclic) bond motifs is 1. The first-order valence-electron chi connectivity index (χ1n) is 9.79. The highest BCUT2D eigenvalue weighted by atomic mass is 79.9. The van der Waals surface area contributed by atoms with Gasteiger partial charge in [-0.3, -0.25) is 9.36 Å². The van der Waals surface area contributed by atoms with E-state index in [1.807, 2.05) is 12.1 Å². The number of allylic oxidation sites excluding steroid dienone is 1. The minimum absolute atomic E-state index is 0.00450. The molecular formula is C24H16Br2N4O3S. The molecule has 2 heterocycles. The Balaban J connectivity index is 2.07. The van der Waals surface area contributed by atoms with Crippen LogP contribution in [-0.4, -0.2) is 18.8 Å². The van der Waals surface area contributed by atoms with Crippen molar-refractivity contribution in [2.75, 3.05) is 14.2 Å². The van der Waals surface area contributed by atoms with Gasteiger partial charge in [0, 0.05) is 20.1 Å². The number of nitriles is 2. The molecule has 0 saturated heterocycles. The Bertz CT molecular complexity index is 1620. The number of ether oxygens (including phenoxy) is 2. The molecule has 1 unspecified atom stereocenters. The van der Waals surface area contributed by atoms with Crippen LogP contribution in [0.4, 0.5) is 0 Å². The van der Waals surface area contributed by atoms with Crippen molar-refractivity contribution in [1.82, 2.24) is 4.57 Å². The molecule has 7 nitrogen and oxygen atoms in total. The predicted molar refractivity (Wildman–Crippen MR) is 138 cm³/mol. The third kappa shape index (κ3) is 3.94. The van der Waals surface area contributed by atoms with Gasteiger partial charge in [-0.15, -0.1) is 11.3 Å². The van der Waals surface area contributed by atoms with Gasteiger partial charge in [-0.1, -0.05) is 44.0 Å². The molecule has 2 N–H and O–H groups in total. The minimum Gasteiger partial charge on any atom is -0.496 e. The van der Waals surface area contributed by atoms with Crippen LogP contribution in [0.1, 0.15) is 17.0 Å². The van der Waals surface area contributed by atoms with Gasteiger partial charge in [0.2, 0.25) is 0 Å². The van der Waals surface area contributed by atoms with E-state index in [0.29, 0.717) is 31.8 Å². The minimum atomic E-state index is -0.772. The Morgan fingerprint density at radius 2 is 1.65 bits per heavy atom. The highest BCUT2D eigenvalue weighted by Crippen LogP contribution is 2.40. The smallest absolute Gasteiger partial charge is 0.274 e. The third-order valence-electron chi connectivity index (χ3n) is 5.38. The maximum atomic E-state index is 13.3. The second-order valence-corrected chi connectivity index (χ2v) is 10.1. The van der Waals surface area contributed by atoms with Gasteiger partial charge in [0.1, 0.15) is 22.0 Å². The monoisotopic (exact) mass is 598 g/mol. The molecule has 1 atom stereocenters. The van der Waals surface area contributed by atoms with Crippen LogP contribution < -0.4 is 30.0 Å². The van der Waals surface area contributed by atoms with Crippen molar-refractivity contribution in [2.45, 2.75) is 5.92 Å². The van der Waals surface area contributed by atoms with Crippen LogP contribution in [0, 0.1) is 22.7 Å². The van der Waals surface area contributed by atoms with Gasteiger partial charge >= 0.3 is 0 Å². The van der Waals surface area contributed by atoms with Crippen molar-refractivity contribution >= 4 is 60.7 Å². The lowest BCUT2D eigenvalue weighted by Gasteiger charge is -2.23. The van der Waals surface area contributed by atoms with Crippen molar-refractivity contribution in [3.63, 3.8) is 0 Å². The molecular weight excluding hydrogens is 584 g/mol. The molecule has 3 aromatic rings. The number of benzene rings is 2. The van der Waals surface area contributed by atoms with Gasteiger partial charge in [0.05, 0.1) is 48.0 Å². The topological polar surface area (TPSA) is 114 Å². The quantitative estimate of drug-likeness (QED) is 0.492. The molecule has 1 aliphatic rings. The molecule has 1 aromatic heterocycles. The summed E-state index contributed by atoms with van der Waals surface area (Å²) in [6, 6.07) is 15.1. The third-order valence-corrected chi connectivity index (χ3v) is 7.47. The molecule has 0 saturated carbocycles. The molecule has 34 heavy (non-hydrogen) atoms. The van der Waals surface area contributed by atoms with E-state index in [1.165, 1.54) is 11.7 Å². The zero-order valence-electron chi connectivity index (χ0n) is 17.9. The second-order valence-electron chi connectivity index (χ2n) is 7.20. The number of methoxy groups -OCH3 is 2. The standard InChI is InChI=1S/C24H16Br2N4O3S/c1-32-18-8-13(25)4-3-12(18)7-20-23(31)30-22(29)16(10-27)21(17(11-28)24(30)34-20)15-6-5-14(26)9-19(15)33-2/h3-9,21H,29H2,1-2H3. The molecule has 170 valence electrons. The van der Waals surface area contributed by atoms with Crippen molar-refractivity contribution in [3.8, 4) is 23.6 Å². The Morgan fingerprint density at radius 1 is 1.03 bits per heavy atom. The highest BCUT2D eigenvalue weighted by molar-refractivity contribution is 9.10. The zero-order chi connectivity index (χ0) is 24.6. The summed E-state index contributed by atoms with van der Waals surface area (Å²) in [5.41, 5.74) is 7.60. The summed E-state index contributed by atoms with van der Waals surface area (Å²) in [5.74, 6) is 0.293. The molecule has 4 rings (SSSR count). The lowest BCUT2D eigenvalue weighted by Crippen LogP contribution is -2.38. The Kier molecular flexibility index (Phi) is 6.67. The van der Waals surface area contributed by atoms with E-state index in [4.69, 9.17) is 15.2 Å². The number of aromatic nitrogens is 1. The van der Waals surface area contributed by atoms with Crippen molar-refractivity contribution in [3.05, 3.63) is 81.6 Å². The normalized spacial score (nSPS) is 15.5. The molecule has 0 aliphatic carbocycles. The molecule has 0 fully saturated rings. The van der Waals surface area contributed by atoms with Crippen molar-refractivity contribution in [1.29, 1.82) is 10.5 Å². The summed E-state index contributed by atoms with van der Waals surface area (Å²) >= 11 is 7.95. The number of hydrogen-bond donors (Lipinski definition) is 1. The van der Waals surface area contributed by atoms with E-state index in [0.717, 1.165) is 20.3 Å². The molecule has 0 radical (unpaired) electrons. The molecule has 0 bridgehead atoms. The second kappa shape index (κ2) is 9.51. The average Bonchev–Trinajstić information content (AvgIpc) is 3.15. The number of halogens is 2. The lowest BCUT2D eigenvalue weighted by molar-refractivity contribution is 0.409. The Labute approximate surface area is 215 Å². The molecule has 1 aliphatic heterocycles. The SMILES string of the molecule is COc1cc(Br)ccc1C=c1sc2n(c1=O)C(N)=C(C#N)C(c1ccc(Br)cc1OC)C=2C#N. The first-order valence-corrected chi connectivity index (χ1v) is 12.2. The summed E-state index contributed by atoms with van der Waals surface area (Å²) in [6.45, 7) is 0. The summed E-state index contributed by atoms with van der Waals surface area (Å²) in [6.07, 6.45) is 1.69. The summed E-state index contributed by atoms with van der Waals surface area (Å²) in [7, 11) is 3.06. The molecule has 0 spiro atoms. The van der Waals surface area contributed by atoms with E-state index < -0.39 is 11.5 Å². The fraction of sp³-hybridized carbons (Fsp3) is 0.125. The molecule has 2 aromatic carbocycles. The van der Waals surface area contributed by atoms with Crippen LogP contribution in [0.25, 0.3) is 17.5 Å². The predicted octanol–water partition coefficient (Wildman–Crippen LogP) is 3.40. The van der Waals surface area contributed by atoms with Crippen LogP contribution >= 0.6 is 43.2 Å². The van der Waals surface area contributed by atoms with Crippen molar-refractivity contribution in [2.24, 2.45) is 5.73 Å². The van der Waals surface area contributed by atoms with Gasteiger partial charge < -0.3 is 15.2 Å². The maximum Gasteiger partial charge on any atom is 0.274 e. The van der Waals surface area contributed by atoms with Crippen LogP contribution in [-0.2, 0) is 0 Å². The van der Waals surface area contributed by atoms with Crippen LogP contribution in [0.2, 0.25) is 0 Å². The van der Waals surface area contributed by atoms with Crippen LogP contribution in [0.15, 0.2) is 55.7 Å². The van der Waals surface area contributed by atoms with E-state index in [1.54, 1.807) is 37.5 Å². The van der Waals surface area contributed by atoms with Crippen LogP contribution in [0.3, 0.4) is 0 Å². The number of nitrogens with zero attached hydrogens (tertiary/aromatic N) is 3. The van der Waals surface area contributed by atoms with E-state index in [-0.39, 0.29) is 17.0 Å². The van der Waals surface area contributed by atoms with Crippen molar-refractivity contribution < 1.29 is 9.47 Å². The number of rotatable bonds is 4. The Hall–Kier alpha value is -3.31. The Morgan fingerprint density at radius 3 is 2.26 bits per heavy atom. The van der Waals surface area contributed by atoms with Gasteiger partial charge in [0.15, 0.2) is 0 Å². The first kappa shape index (κ1) is 23.8. The summed E-state index contributed by atoms with van der Waals surface area (Å²) in [5, 5.41) is 20.1. The number of nitrogens with two attached hydrogens (primary N) is 1. The van der Waals surface area contributed by atoms with E-state index in [9.17, 15) is 15.3 Å². The zero-order valence-corrected chi connectivity index (χ0v) is 21.9. The fourth-order valence-electron chi connectivity index (χ4n) is 3.83. The maximum absolute atomic E-state index is 13.3. The number of hydrogen-bond acceptors (Lipinski definition) is 7. The molecule has 10 heteroatoms. The fourth-order valence-corrected chi connectivity index (χ4v) is 5.63. The average molecular weight is 600 g/mol. The van der Waals surface area contributed by atoms with E-state index in [2.05, 4.69) is 44.0 Å². The molecule has 0 amide bonds. The largest absolute Gasteiger partial charge is 0.496 e.